The maximum Gasteiger partial charge on any atom is 0.337 e. The number of carbonyl (C=O) groups excluding carboxylic acids is 2. The molecule has 1 atom stereocenters. The molecular weight excluding hydrogens is 282 g/mol. The highest BCUT2D eigenvalue weighted by atomic mass is 16.5. The van der Waals surface area contributed by atoms with Gasteiger partial charge in [-0.3, -0.25) is 4.79 Å². The van der Waals surface area contributed by atoms with E-state index in [0.29, 0.717) is 17.0 Å². The Labute approximate surface area is 128 Å². The topological polar surface area (TPSA) is 64.6 Å². The monoisotopic (exact) mass is 299 g/mol. The van der Waals surface area contributed by atoms with E-state index in [9.17, 15) is 9.59 Å². The maximum absolute atomic E-state index is 12.1. The van der Waals surface area contributed by atoms with Crippen LogP contribution in [0.1, 0.15) is 17.3 Å². The fourth-order valence-corrected chi connectivity index (χ4v) is 1.84. The summed E-state index contributed by atoms with van der Waals surface area (Å²) < 4.78 is 10.2. The van der Waals surface area contributed by atoms with Gasteiger partial charge in [0.1, 0.15) is 5.75 Å². The van der Waals surface area contributed by atoms with E-state index in [2.05, 4.69) is 10.1 Å². The molecule has 0 aromatic heterocycles. The Morgan fingerprint density at radius 3 is 2.45 bits per heavy atom. The minimum absolute atomic E-state index is 0.269. The van der Waals surface area contributed by atoms with E-state index < -0.39 is 12.1 Å². The lowest BCUT2D eigenvalue weighted by Crippen LogP contribution is -2.30. The standard InChI is InChI=1S/C17H17NO4/c1-12(16(19)18-14-8-4-3-5-9-14)22-15-10-6-7-13(11-15)17(20)21-2/h3-12H,1-2H3,(H,18,19)/t12-/m1/s1. The van der Waals surface area contributed by atoms with E-state index in [1.807, 2.05) is 18.2 Å². The number of carbonyl (C=O) groups is 2. The number of hydrogen-bond donors (Lipinski definition) is 1. The van der Waals surface area contributed by atoms with Gasteiger partial charge in [-0.1, -0.05) is 24.3 Å². The molecule has 2 aromatic carbocycles. The number of nitrogens with one attached hydrogen (secondary N) is 1. The van der Waals surface area contributed by atoms with Crippen LogP contribution in [0.15, 0.2) is 54.6 Å². The van der Waals surface area contributed by atoms with E-state index >= 15 is 0 Å². The van der Waals surface area contributed by atoms with E-state index in [0.717, 1.165) is 0 Å². The van der Waals surface area contributed by atoms with Crippen LogP contribution in [-0.4, -0.2) is 25.1 Å². The van der Waals surface area contributed by atoms with Gasteiger partial charge in [-0.15, -0.1) is 0 Å². The number of rotatable bonds is 5. The molecule has 0 aliphatic carbocycles. The number of para-hydroxylation sites is 1. The van der Waals surface area contributed by atoms with Gasteiger partial charge in [0.15, 0.2) is 6.10 Å². The van der Waals surface area contributed by atoms with Crippen molar-refractivity contribution in [3.05, 3.63) is 60.2 Å². The first-order chi connectivity index (χ1) is 10.6. The highest BCUT2D eigenvalue weighted by molar-refractivity contribution is 5.94. The molecule has 2 rings (SSSR count). The van der Waals surface area contributed by atoms with Gasteiger partial charge in [-0.25, -0.2) is 4.79 Å². The minimum Gasteiger partial charge on any atom is -0.481 e. The van der Waals surface area contributed by atoms with Crippen molar-refractivity contribution in [2.45, 2.75) is 13.0 Å². The molecule has 0 aliphatic heterocycles. The third-order valence-corrected chi connectivity index (χ3v) is 2.98. The molecule has 114 valence electrons. The van der Waals surface area contributed by atoms with Gasteiger partial charge in [-0.05, 0) is 37.3 Å². The average Bonchev–Trinajstić information content (AvgIpc) is 2.55. The molecule has 0 saturated carbocycles. The van der Waals surface area contributed by atoms with Gasteiger partial charge >= 0.3 is 5.97 Å². The van der Waals surface area contributed by atoms with Gasteiger partial charge in [-0.2, -0.15) is 0 Å². The first-order valence-corrected chi connectivity index (χ1v) is 6.81. The zero-order valence-electron chi connectivity index (χ0n) is 12.4. The lowest BCUT2D eigenvalue weighted by molar-refractivity contribution is -0.122. The Balaban J connectivity index is 2.00. The van der Waals surface area contributed by atoms with Crippen LogP contribution in [0.5, 0.6) is 5.75 Å². The second-order valence-corrected chi connectivity index (χ2v) is 4.63. The molecule has 5 heteroatoms. The molecule has 1 amide bonds. The smallest absolute Gasteiger partial charge is 0.337 e. The minimum atomic E-state index is -0.701. The highest BCUT2D eigenvalue weighted by Gasteiger charge is 2.15. The van der Waals surface area contributed by atoms with Crippen LogP contribution in [0.3, 0.4) is 0 Å². The quantitative estimate of drug-likeness (QED) is 0.862. The number of benzene rings is 2. The average molecular weight is 299 g/mol. The van der Waals surface area contributed by atoms with Crippen molar-refractivity contribution in [3.8, 4) is 5.75 Å². The van der Waals surface area contributed by atoms with Crippen molar-refractivity contribution >= 4 is 17.6 Å². The molecule has 22 heavy (non-hydrogen) atoms. The van der Waals surface area contributed by atoms with Gasteiger partial charge in [0, 0.05) is 5.69 Å². The zero-order chi connectivity index (χ0) is 15.9. The molecular formula is C17H17NO4. The summed E-state index contributed by atoms with van der Waals surface area (Å²) in [6, 6.07) is 15.6. The molecule has 0 aliphatic rings. The van der Waals surface area contributed by atoms with Gasteiger partial charge in [0.05, 0.1) is 12.7 Å². The van der Waals surface area contributed by atoms with Crippen LogP contribution in [0.2, 0.25) is 0 Å². The van der Waals surface area contributed by atoms with Gasteiger partial charge in [0.25, 0.3) is 5.91 Å². The van der Waals surface area contributed by atoms with Crippen LogP contribution in [0.4, 0.5) is 5.69 Å². The van der Waals surface area contributed by atoms with Crippen molar-refractivity contribution in [1.82, 2.24) is 0 Å². The number of amides is 1. The van der Waals surface area contributed by atoms with Gasteiger partial charge < -0.3 is 14.8 Å². The molecule has 2 aromatic rings. The summed E-state index contributed by atoms with van der Waals surface area (Å²) in [6.45, 7) is 1.64. The number of esters is 1. The Kier molecular flexibility index (Phi) is 5.14. The fraction of sp³-hybridized carbons (Fsp3) is 0.176. The van der Waals surface area contributed by atoms with E-state index in [1.54, 1.807) is 37.3 Å². The summed E-state index contributed by atoms with van der Waals surface area (Å²) in [7, 11) is 1.31. The third kappa shape index (κ3) is 4.09. The van der Waals surface area contributed by atoms with E-state index in [1.165, 1.54) is 13.2 Å². The maximum atomic E-state index is 12.1. The highest BCUT2D eigenvalue weighted by Crippen LogP contribution is 2.16. The van der Waals surface area contributed by atoms with Crippen LogP contribution in [0, 0.1) is 0 Å². The molecule has 0 fully saturated rings. The van der Waals surface area contributed by atoms with Crippen LogP contribution >= 0.6 is 0 Å². The fourth-order valence-electron chi connectivity index (χ4n) is 1.84. The molecule has 5 nitrogen and oxygen atoms in total. The lowest BCUT2D eigenvalue weighted by atomic mass is 10.2. The first-order valence-electron chi connectivity index (χ1n) is 6.81. The molecule has 0 saturated heterocycles. The summed E-state index contributed by atoms with van der Waals surface area (Å²) in [4.78, 5) is 23.5. The summed E-state index contributed by atoms with van der Waals surface area (Å²) in [5.41, 5.74) is 1.07. The zero-order valence-corrected chi connectivity index (χ0v) is 12.4. The second-order valence-electron chi connectivity index (χ2n) is 4.63. The van der Waals surface area contributed by atoms with Crippen LogP contribution < -0.4 is 10.1 Å². The molecule has 0 bridgehead atoms. The second kappa shape index (κ2) is 7.26. The Morgan fingerprint density at radius 2 is 1.77 bits per heavy atom. The molecule has 0 unspecified atom stereocenters. The van der Waals surface area contributed by atoms with E-state index in [4.69, 9.17) is 4.74 Å². The van der Waals surface area contributed by atoms with Crippen molar-refractivity contribution in [2.24, 2.45) is 0 Å². The lowest BCUT2D eigenvalue weighted by Gasteiger charge is -2.15. The summed E-state index contributed by atoms with van der Waals surface area (Å²) in [5, 5.41) is 2.75. The number of hydrogen-bond acceptors (Lipinski definition) is 4. The first kappa shape index (κ1) is 15.6. The van der Waals surface area contributed by atoms with Crippen molar-refractivity contribution in [3.63, 3.8) is 0 Å². The summed E-state index contributed by atoms with van der Waals surface area (Å²) in [6.07, 6.45) is -0.701. The Bertz CT molecular complexity index is 655. The van der Waals surface area contributed by atoms with Gasteiger partial charge in [0.2, 0.25) is 0 Å². The molecule has 0 heterocycles. The Morgan fingerprint density at radius 1 is 1.05 bits per heavy atom. The number of anilines is 1. The number of methoxy groups -OCH3 is 1. The molecule has 0 radical (unpaired) electrons. The van der Waals surface area contributed by atoms with Crippen LogP contribution in [0.25, 0.3) is 0 Å². The van der Waals surface area contributed by atoms with Crippen LogP contribution in [-0.2, 0) is 9.53 Å². The predicted molar refractivity (Wildman–Crippen MR) is 82.9 cm³/mol. The predicted octanol–water partition coefficient (Wildman–Crippen LogP) is 2.88. The normalized spacial score (nSPS) is 11.4. The van der Waals surface area contributed by atoms with Crippen molar-refractivity contribution in [2.75, 3.05) is 12.4 Å². The third-order valence-electron chi connectivity index (χ3n) is 2.98. The van der Waals surface area contributed by atoms with E-state index in [-0.39, 0.29) is 5.91 Å². The largest absolute Gasteiger partial charge is 0.481 e. The number of ether oxygens (including phenoxy) is 2. The SMILES string of the molecule is COC(=O)c1cccc(O[C@H](C)C(=O)Nc2ccccc2)c1. The summed E-state index contributed by atoms with van der Waals surface area (Å²) >= 11 is 0. The summed E-state index contributed by atoms with van der Waals surface area (Å²) in [5.74, 6) is -0.292. The van der Waals surface area contributed by atoms with Crippen molar-refractivity contribution < 1.29 is 19.1 Å². The van der Waals surface area contributed by atoms with Crippen molar-refractivity contribution in [1.29, 1.82) is 0 Å². The Hall–Kier alpha value is -2.82. The molecule has 0 spiro atoms. The molecule has 1 N–H and O–H groups in total.